The molecule has 0 bridgehead atoms. The van der Waals surface area contributed by atoms with Gasteiger partial charge in [0, 0.05) is 6.42 Å². The Bertz CT molecular complexity index is 1410. The number of hydrogen-bond donors (Lipinski definition) is 6. The highest BCUT2D eigenvalue weighted by atomic mass is 16.7. The Balaban J connectivity index is 2.12. The first-order valence-electron chi connectivity index (χ1n) is 36.7. The van der Waals surface area contributed by atoms with Gasteiger partial charge in [-0.25, -0.2) is 0 Å². The second kappa shape index (κ2) is 63.4. The summed E-state index contributed by atoms with van der Waals surface area (Å²) in [6.07, 6.45) is 78.4. The molecule has 0 aromatic carbocycles. The van der Waals surface area contributed by atoms with Crippen LogP contribution in [0.3, 0.4) is 0 Å². The number of ether oxygens (including phenoxy) is 2. The minimum absolute atomic E-state index is 0.179. The normalized spacial score (nSPS) is 18.4. The number of aliphatic hydroxyl groups is 5. The summed E-state index contributed by atoms with van der Waals surface area (Å²) in [6, 6.07) is -0.822. The van der Waals surface area contributed by atoms with E-state index in [1.807, 2.05) is 6.08 Å². The van der Waals surface area contributed by atoms with Gasteiger partial charge in [0.25, 0.3) is 0 Å². The number of carbonyl (C=O) groups excluding carboxylic acids is 1. The molecule has 7 unspecified atom stereocenters. The van der Waals surface area contributed by atoms with Gasteiger partial charge in [0.2, 0.25) is 5.91 Å². The Morgan fingerprint density at radius 3 is 1.01 bits per heavy atom. The van der Waals surface area contributed by atoms with Gasteiger partial charge in [0.05, 0.1) is 25.4 Å². The number of allylic oxidation sites excluding steroid dienone is 5. The maximum Gasteiger partial charge on any atom is 0.220 e. The van der Waals surface area contributed by atoms with Crippen LogP contribution in [0.5, 0.6) is 0 Å². The topological polar surface area (TPSA) is 149 Å². The van der Waals surface area contributed by atoms with Crippen molar-refractivity contribution in [3.05, 3.63) is 36.5 Å². The van der Waals surface area contributed by atoms with Gasteiger partial charge in [-0.1, -0.05) is 346 Å². The lowest BCUT2D eigenvalue weighted by atomic mass is 9.99. The molecule has 1 fully saturated rings. The summed E-state index contributed by atoms with van der Waals surface area (Å²) in [5.74, 6) is -0.179. The Hall–Kier alpha value is -1.59. The number of amides is 1. The molecule has 83 heavy (non-hydrogen) atoms. The van der Waals surface area contributed by atoms with Crippen molar-refractivity contribution in [1.82, 2.24) is 5.32 Å². The van der Waals surface area contributed by atoms with Crippen molar-refractivity contribution in [1.29, 1.82) is 0 Å². The Kier molecular flexibility index (Phi) is 60.7. The number of unbranched alkanes of at least 4 members (excludes halogenated alkanes) is 51. The van der Waals surface area contributed by atoms with Gasteiger partial charge >= 0.3 is 0 Å². The molecule has 7 atom stereocenters. The second-order valence-electron chi connectivity index (χ2n) is 25.7. The number of aliphatic hydroxyl groups excluding tert-OH is 5. The van der Waals surface area contributed by atoms with E-state index in [4.69, 9.17) is 9.47 Å². The van der Waals surface area contributed by atoms with Crippen LogP contribution in [-0.4, -0.2) is 87.5 Å². The fraction of sp³-hybridized carbons (Fsp3) is 0.905. The summed E-state index contributed by atoms with van der Waals surface area (Å²) in [5.41, 5.74) is 0. The minimum Gasteiger partial charge on any atom is -0.394 e. The zero-order valence-corrected chi connectivity index (χ0v) is 55.0. The van der Waals surface area contributed by atoms with Gasteiger partial charge < -0.3 is 40.3 Å². The fourth-order valence-corrected chi connectivity index (χ4v) is 11.9. The smallest absolute Gasteiger partial charge is 0.220 e. The molecular weight excluding hydrogens is 1030 g/mol. The first-order valence-corrected chi connectivity index (χ1v) is 36.7. The van der Waals surface area contributed by atoms with Crippen molar-refractivity contribution < 1.29 is 39.8 Å². The summed E-state index contributed by atoms with van der Waals surface area (Å²) in [5, 5.41) is 54.8. The average molecular weight is 1170 g/mol. The van der Waals surface area contributed by atoms with E-state index in [9.17, 15) is 30.3 Å². The summed E-state index contributed by atoms with van der Waals surface area (Å²) >= 11 is 0. The molecule has 9 nitrogen and oxygen atoms in total. The molecular formula is C74H141NO8. The van der Waals surface area contributed by atoms with Crippen molar-refractivity contribution in [2.45, 2.75) is 416 Å². The van der Waals surface area contributed by atoms with Gasteiger partial charge in [-0.15, -0.1) is 0 Å². The van der Waals surface area contributed by atoms with Crippen LogP contribution in [0.2, 0.25) is 0 Å². The van der Waals surface area contributed by atoms with E-state index in [1.165, 1.54) is 315 Å². The largest absolute Gasteiger partial charge is 0.394 e. The molecule has 0 saturated carbocycles. The fourth-order valence-electron chi connectivity index (χ4n) is 11.9. The van der Waals surface area contributed by atoms with E-state index < -0.39 is 49.5 Å². The second-order valence-corrected chi connectivity index (χ2v) is 25.7. The molecule has 1 heterocycles. The highest BCUT2D eigenvalue weighted by molar-refractivity contribution is 5.76. The predicted octanol–water partition coefficient (Wildman–Crippen LogP) is 20.2. The van der Waals surface area contributed by atoms with Gasteiger partial charge in [-0.3, -0.25) is 4.79 Å². The summed E-state index contributed by atoms with van der Waals surface area (Å²) < 4.78 is 11.3. The molecule has 1 aliphatic rings. The van der Waals surface area contributed by atoms with E-state index in [-0.39, 0.29) is 12.5 Å². The first kappa shape index (κ1) is 79.4. The quantitative estimate of drug-likeness (QED) is 0.0261. The lowest BCUT2D eigenvalue weighted by Crippen LogP contribution is -2.60. The van der Waals surface area contributed by atoms with Crippen LogP contribution < -0.4 is 5.32 Å². The van der Waals surface area contributed by atoms with Crippen molar-refractivity contribution in [2.75, 3.05) is 13.2 Å². The van der Waals surface area contributed by atoms with Crippen LogP contribution in [0.1, 0.15) is 373 Å². The van der Waals surface area contributed by atoms with Crippen LogP contribution in [-0.2, 0) is 14.3 Å². The van der Waals surface area contributed by atoms with Crippen LogP contribution in [0, 0.1) is 0 Å². The minimum atomic E-state index is -1.57. The van der Waals surface area contributed by atoms with Crippen molar-refractivity contribution in [3.8, 4) is 0 Å². The van der Waals surface area contributed by atoms with Crippen molar-refractivity contribution in [3.63, 3.8) is 0 Å². The monoisotopic (exact) mass is 1170 g/mol. The summed E-state index contributed by atoms with van der Waals surface area (Å²) in [4.78, 5) is 13.1. The molecule has 1 saturated heterocycles. The summed E-state index contributed by atoms with van der Waals surface area (Å²) in [7, 11) is 0. The van der Waals surface area contributed by atoms with Crippen LogP contribution in [0.15, 0.2) is 36.5 Å². The number of hydrogen-bond acceptors (Lipinski definition) is 8. The summed E-state index contributed by atoms with van der Waals surface area (Å²) in [6.45, 7) is 3.82. The number of nitrogens with one attached hydrogen (secondary N) is 1. The third kappa shape index (κ3) is 52.1. The highest BCUT2D eigenvalue weighted by Gasteiger charge is 2.44. The molecule has 1 aliphatic heterocycles. The van der Waals surface area contributed by atoms with E-state index in [0.717, 1.165) is 38.5 Å². The van der Waals surface area contributed by atoms with Gasteiger partial charge in [-0.05, 0) is 57.8 Å². The predicted molar refractivity (Wildman–Crippen MR) is 355 cm³/mol. The van der Waals surface area contributed by atoms with Crippen molar-refractivity contribution >= 4 is 5.91 Å². The molecule has 0 aromatic rings. The molecule has 0 spiro atoms. The maximum atomic E-state index is 13.1. The maximum absolute atomic E-state index is 13.1. The lowest BCUT2D eigenvalue weighted by Gasteiger charge is -2.40. The third-order valence-electron chi connectivity index (χ3n) is 17.7. The lowest BCUT2D eigenvalue weighted by molar-refractivity contribution is -0.302. The SMILES string of the molecule is CCCCCCCCCC/C=C\CCCCCCCCCCCCCCCCCCCCCC(=O)NC(COC1OC(CO)C(O)C(O)C1O)C(O)/C=C/CC/C=C/CCCCCCCCCCCCCCCCCCCCCCCCC. The van der Waals surface area contributed by atoms with E-state index in [2.05, 4.69) is 43.5 Å². The third-order valence-corrected chi connectivity index (χ3v) is 17.7. The van der Waals surface area contributed by atoms with Gasteiger partial charge in [-0.2, -0.15) is 0 Å². The Morgan fingerprint density at radius 2 is 0.687 bits per heavy atom. The van der Waals surface area contributed by atoms with Crippen LogP contribution in [0.4, 0.5) is 0 Å². The molecule has 9 heteroatoms. The number of carbonyl (C=O) groups is 1. The van der Waals surface area contributed by atoms with Crippen LogP contribution in [0.25, 0.3) is 0 Å². The molecule has 490 valence electrons. The molecule has 1 rings (SSSR count). The molecule has 6 N–H and O–H groups in total. The van der Waals surface area contributed by atoms with E-state index in [0.29, 0.717) is 6.42 Å². The molecule has 1 amide bonds. The zero-order chi connectivity index (χ0) is 60.0. The van der Waals surface area contributed by atoms with Gasteiger partial charge in [0.1, 0.15) is 24.4 Å². The van der Waals surface area contributed by atoms with E-state index in [1.54, 1.807) is 6.08 Å². The number of rotatable bonds is 65. The molecule has 0 radical (unpaired) electrons. The van der Waals surface area contributed by atoms with Crippen LogP contribution >= 0.6 is 0 Å². The molecule has 0 aliphatic carbocycles. The Labute approximate surface area is 514 Å². The zero-order valence-electron chi connectivity index (χ0n) is 55.0. The average Bonchev–Trinajstić information content (AvgIpc) is 3.61. The van der Waals surface area contributed by atoms with Crippen molar-refractivity contribution in [2.24, 2.45) is 0 Å². The highest BCUT2D eigenvalue weighted by Crippen LogP contribution is 2.24. The standard InChI is InChI=1S/C74H141NO8/c1-3-5-7-9-11-13-15-17-19-21-23-25-27-29-31-33-34-36-38-40-42-44-46-48-50-52-54-56-58-60-62-64-70(78)75-67(66-82-74-73(81)72(80)71(79)69(65-76)83-74)68(77)63-61-59-57-55-53-51-49-47-45-43-41-39-37-35-32-30-28-26-24-22-20-18-16-14-12-10-8-6-4-2/h21,23,53,55,61,63,67-69,71-74,76-77,79-81H,3-20,22,24-52,54,56-60,62,64-66H2,1-2H3,(H,75,78)/b23-21-,55-53+,63-61+. The molecule has 0 aromatic heterocycles. The van der Waals surface area contributed by atoms with Gasteiger partial charge in [0.15, 0.2) is 6.29 Å². The van der Waals surface area contributed by atoms with E-state index >= 15 is 0 Å². The Morgan fingerprint density at radius 1 is 0.398 bits per heavy atom. The first-order chi connectivity index (χ1) is 40.8.